The molecule has 40 valence electrons. The second-order valence-electron chi connectivity index (χ2n) is 1.50. The van der Waals surface area contributed by atoms with Gasteiger partial charge in [0.2, 0.25) is 0 Å². The van der Waals surface area contributed by atoms with Crippen LogP contribution in [0.4, 0.5) is 0 Å². The van der Waals surface area contributed by atoms with Gasteiger partial charge in [-0.2, -0.15) is 0 Å². The van der Waals surface area contributed by atoms with Crippen LogP contribution in [-0.2, 0) is 0 Å². The lowest BCUT2D eigenvalue weighted by atomic mass is 10.4. The molecule has 7 heavy (non-hydrogen) atoms. The normalized spacial score (nSPS) is 20.6. The molecule has 0 aromatic heterocycles. The number of nitrogens with one attached hydrogen (secondary N) is 2. The molecule has 0 unspecified atom stereocenters. The smallest absolute Gasteiger partial charge is 0.00772 e. The van der Waals surface area contributed by atoms with Gasteiger partial charge >= 0.3 is 0 Å². The summed E-state index contributed by atoms with van der Waals surface area (Å²) in [5.74, 6) is 0. The highest BCUT2D eigenvalue weighted by Gasteiger charge is 1.91. The molecule has 0 aliphatic carbocycles. The molecule has 1 aliphatic heterocycles. The van der Waals surface area contributed by atoms with Gasteiger partial charge in [0.1, 0.15) is 0 Å². The first-order valence-electron chi connectivity index (χ1n) is 2.41. The Morgan fingerprint density at radius 2 is 1.00 bits per heavy atom. The lowest BCUT2D eigenvalue weighted by Gasteiger charge is -2.11. The third-order valence-corrected chi connectivity index (χ3v) is 0.957. The SMILES string of the molecule is C1CNCCN1.[C]. The molecule has 1 heterocycles. The van der Waals surface area contributed by atoms with Crippen molar-refractivity contribution in [1.29, 1.82) is 0 Å². The van der Waals surface area contributed by atoms with E-state index in [2.05, 4.69) is 10.6 Å². The summed E-state index contributed by atoms with van der Waals surface area (Å²) in [7, 11) is 0. The molecule has 2 heteroatoms. The molecule has 0 saturated carbocycles. The minimum Gasteiger partial charge on any atom is -0.314 e. The lowest BCUT2D eigenvalue weighted by Crippen LogP contribution is -2.39. The lowest BCUT2D eigenvalue weighted by molar-refractivity contribution is 0.534. The van der Waals surface area contributed by atoms with E-state index < -0.39 is 0 Å². The molecule has 2 N–H and O–H groups in total. The molecule has 0 aromatic rings. The van der Waals surface area contributed by atoms with Gasteiger partial charge in [-0.25, -0.2) is 0 Å². The van der Waals surface area contributed by atoms with Gasteiger partial charge in [0.15, 0.2) is 0 Å². The summed E-state index contributed by atoms with van der Waals surface area (Å²) >= 11 is 0. The van der Waals surface area contributed by atoms with Crippen molar-refractivity contribution in [3.8, 4) is 0 Å². The Balaban J connectivity index is 0.000000360. The molecule has 1 aliphatic rings. The van der Waals surface area contributed by atoms with E-state index in [1.165, 1.54) is 0 Å². The summed E-state index contributed by atoms with van der Waals surface area (Å²) < 4.78 is 0. The van der Waals surface area contributed by atoms with Gasteiger partial charge in [-0.3, -0.25) is 0 Å². The molecule has 4 radical (unpaired) electrons. The molecule has 0 aromatic carbocycles. The summed E-state index contributed by atoms with van der Waals surface area (Å²) in [6.45, 7) is 4.56. The van der Waals surface area contributed by atoms with Crippen LogP contribution in [0.1, 0.15) is 0 Å². The topological polar surface area (TPSA) is 24.1 Å². The number of rotatable bonds is 0. The van der Waals surface area contributed by atoms with E-state index in [1.54, 1.807) is 0 Å². The Morgan fingerprint density at radius 1 is 0.714 bits per heavy atom. The summed E-state index contributed by atoms with van der Waals surface area (Å²) in [6.07, 6.45) is 0. The monoisotopic (exact) mass is 98.1 g/mol. The van der Waals surface area contributed by atoms with Crippen molar-refractivity contribution in [2.75, 3.05) is 26.2 Å². The van der Waals surface area contributed by atoms with E-state index in [-0.39, 0.29) is 7.43 Å². The first-order valence-corrected chi connectivity index (χ1v) is 2.41. The molecule has 0 spiro atoms. The van der Waals surface area contributed by atoms with E-state index in [4.69, 9.17) is 0 Å². The van der Waals surface area contributed by atoms with Crippen molar-refractivity contribution in [3.05, 3.63) is 7.43 Å². The molecule has 0 bridgehead atoms. The van der Waals surface area contributed by atoms with Gasteiger partial charge in [-0.1, -0.05) is 0 Å². The Hall–Kier alpha value is -0.0800. The van der Waals surface area contributed by atoms with Gasteiger partial charge in [0, 0.05) is 33.6 Å². The molecular formula is C5H10N2. The molecule has 0 amide bonds. The Kier molecular flexibility index (Phi) is 4.04. The average molecular weight is 98.1 g/mol. The van der Waals surface area contributed by atoms with E-state index in [0.29, 0.717) is 0 Å². The van der Waals surface area contributed by atoms with Crippen molar-refractivity contribution in [2.45, 2.75) is 0 Å². The Bertz CT molecular complexity index is 21.6. The maximum absolute atomic E-state index is 3.22. The van der Waals surface area contributed by atoms with Gasteiger partial charge < -0.3 is 10.6 Å². The second kappa shape index (κ2) is 4.09. The van der Waals surface area contributed by atoms with E-state index >= 15 is 0 Å². The Labute approximate surface area is 45.3 Å². The van der Waals surface area contributed by atoms with Crippen LogP contribution < -0.4 is 10.6 Å². The third-order valence-electron chi connectivity index (χ3n) is 0.957. The first-order chi connectivity index (χ1) is 3.00. The maximum Gasteiger partial charge on any atom is 0.00772 e. The summed E-state index contributed by atoms with van der Waals surface area (Å²) in [4.78, 5) is 0. The standard InChI is InChI=1S/C4H10N2.C/c1-2-6-4-3-5-1;/h5-6H,1-4H2;. The summed E-state index contributed by atoms with van der Waals surface area (Å²) in [5.41, 5.74) is 0. The van der Waals surface area contributed by atoms with Crippen LogP contribution in [0.3, 0.4) is 0 Å². The van der Waals surface area contributed by atoms with Crippen LogP contribution >= 0.6 is 0 Å². The van der Waals surface area contributed by atoms with Crippen LogP contribution in [0.5, 0.6) is 0 Å². The highest BCUT2D eigenvalue weighted by Crippen LogP contribution is 1.65. The van der Waals surface area contributed by atoms with Gasteiger partial charge in [-0.15, -0.1) is 0 Å². The number of piperazine rings is 1. The van der Waals surface area contributed by atoms with E-state index in [1.807, 2.05) is 0 Å². The predicted molar refractivity (Wildman–Crippen MR) is 29.0 cm³/mol. The third kappa shape index (κ3) is 2.60. The molecule has 2 nitrogen and oxygen atoms in total. The van der Waals surface area contributed by atoms with Crippen LogP contribution in [0, 0.1) is 7.43 Å². The highest BCUT2D eigenvalue weighted by molar-refractivity contribution is 4.59. The van der Waals surface area contributed by atoms with Crippen LogP contribution in [-0.4, -0.2) is 26.2 Å². The number of hydrogen-bond donors (Lipinski definition) is 2. The van der Waals surface area contributed by atoms with Crippen LogP contribution in [0.15, 0.2) is 0 Å². The fourth-order valence-electron chi connectivity index (χ4n) is 0.604. The molecule has 0 atom stereocenters. The molecule has 1 fully saturated rings. The zero-order valence-corrected chi connectivity index (χ0v) is 4.33. The number of hydrogen-bond acceptors (Lipinski definition) is 2. The molecule has 1 rings (SSSR count). The maximum atomic E-state index is 3.22. The van der Waals surface area contributed by atoms with Crippen molar-refractivity contribution >= 4 is 0 Å². The van der Waals surface area contributed by atoms with Gasteiger partial charge in [-0.05, 0) is 0 Å². The second-order valence-corrected chi connectivity index (χ2v) is 1.50. The van der Waals surface area contributed by atoms with Crippen molar-refractivity contribution in [2.24, 2.45) is 0 Å². The first kappa shape index (κ1) is 6.92. The Morgan fingerprint density at radius 3 is 1.14 bits per heavy atom. The fourth-order valence-corrected chi connectivity index (χ4v) is 0.604. The summed E-state index contributed by atoms with van der Waals surface area (Å²) in [5, 5.41) is 6.44. The van der Waals surface area contributed by atoms with Crippen molar-refractivity contribution in [3.63, 3.8) is 0 Å². The highest BCUT2D eigenvalue weighted by atomic mass is 15.0. The molecule has 1 saturated heterocycles. The van der Waals surface area contributed by atoms with Crippen molar-refractivity contribution < 1.29 is 0 Å². The fraction of sp³-hybridized carbons (Fsp3) is 0.800. The largest absolute Gasteiger partial charge is 0.314 e. The quantitative estimate of drug-likeness (QED) is 0.417. The average Bonchev–Trinajstić information content (AvgIpc) is 1.72. The minimum absolute atomic E-state index is 0. The van der Waals surface area contributed by atoms with Crippen molar-refractivity contribution in [1.82, 2.24) is 10.6 Å². The zero-order valence-electron chi connectivity index (χ0n) is 4.33. The van der Waals surface area contributed by atoms with Crippen LogP contribution in [0.2, 0.25) is 0 Å². The van der Waals surface area contributed by atoms with Gasteiger partial charge in [0.05, 0.1) is 0 Å². The van der Waals surface area contributed by atoms with Crippen LogP contribution in [0.25, 0.3) is 0 Å². The van der Waals surface area contributed by atoms with Gasteiger partial charge in [0.25, 0.3) is 0 Å². The van der Waals surface area contributed by atoms with E-state index in [0.717, 1.165) is 26.2 Å². The molecular weight excluding hydrogens is 88.1 g/mol. The summed E-state index contributed by atoms with van der Waals surface area (Å²) in [6, 6.07) is 0. The zero-order chi connectivity index (χ0) is 4.24. The predicted octanol–water partition coefficient (Wildman–Crippen LogP) is -0.740. The van der Waals surface area contributed by atoms with E-state index in [9.17, 15) is 0 Å². The minimum atomic E-state index is 0.